The van der Waals surface area contributed by atoms with Gasteiger partial charge in [-0.2, -0.15) is 0 Å². The molecule has 0 fully saturated rings. The lowest BCUT2D eigenvalue weighted by atomic mass is 10.2. The Balaban J connectivity index is 2.58. The van der Waals surface area contributed by atoms with E-state index in [4.69, 9.17) is 11.6 Å². The van der Waals surface area contributed by atoms with Crippen molar-refractivity contribution >= 4 is 55.9 Å². The fourth-order valence-electron chi connectivity index (χ4n) is 1.26. The fourth-order valence-corrected chi connectivity index (χ4v) is 2.79. The maximum absolute atomic E-state index is 5.93. The second-order valence-corrected chi connectivity index (χ2v) is 4.82. The van der Waals surface area contributed by atoms with Crippen molar-refractivity contribution in [1.29, 1.82) is 0 Å². The van der Waals surface area contributed by atoms with Crippen molar-refractivity contribution in [2.24, 2.45) is 0 Å². The lowest BCUT2D eigenvalue weighted by Gasteiger charge is -1.96. The van der Waals surface area contributed by atoms with Crippen LogP contribution in [0.15, 0.2) is 23.6 Å². The topological polar surface area (TPSA) is 12.0 Å². The lowest BCUT2D eigenvalue weighted by Crippen LogP contribution is -1.95. The minimum atomic E-state index is 0.806. The van der Waals surface area contributed by atoms with Gasteiger partial charge in [0.25, 0.3) is 0 Å². The number of rotatable bonds is 2. The van der Waals surface area contributed by atoms with Crippen LogP contribution >= 0.6 is 45.8 Å². The molecule has 0 saturated heterocycles. The van der Waals surface area contributed by atoms with E-state index in [0.717, 1.165) is 11.6 Å². The Morgan fingerprint density at radius 2 is 2.31 bits per heavy atom. The largest absolute Gasteiger partial charge is 0.257 e. The zero-order valence-corrected chi connectivity index (χ0v) is 10.4. The molecule has 2 aromatic rings. The van der Waals surface area contributed by atoms with Crippen LogP contribution in [-0.4, -0.2) is 0 Å². The Labute approximate surface area is 99.6 Å². The Morgan fingerprint density at radius 3 is 3.08 bits per heavy atom. The van der Waals surface area contributed by atoms with E-state index < -0.39 is 0 Å². The molecule has 0 spiro atoms. The average molecular weight is 324 g/mol. The van der Waals surface area contributed by atoms with Gasteiger partial charge in [-0.1, -0.05) is 11.6 Å². The lowest BCUT2D eigenvalue weighted by molar-refractivity contribution is 1.03. The summed E-state index contributed by atoms with van der Waals surface area (Å²) in [5, 5.41) is 4.24. The number of benzene rings is 1. The molecule has 0 bridgehead atoms. The molecule has 0 unspecified atom stereocenters. The number of thiophene rings is 1. The standard InChI is InChI=1S/C9H7ClINS/c10-7-1-2-9-8(3-7)6(4-12-11)5-13-9/h1-3,5,12H,4H2. The van der Waals surface area contributed by atoms with E-state index in [1.54, 1.807) is 11.3 Å². The summed E-state index contributed by atoms with van der Waals surface area (Å²) < 4.78 is 4.41. The minimum absolute atomic E-state index is 0.806. The first-order chi connectivity index (χ1) is 6.31. The van der Waals surface area contributed by atoms with Gasteiger partial charge in [-0.15, -0.1) is 11.3 Å². The normalized spacial score (nSPS) is 10.9. The molecule has 1 N–H and O–H groups in total. The summed E-state index contributed by atoms with van der Waals surface area (Å²) in [4.78, 5) is 0. The summed E-state index contributed by atoms with van der Waals surface area (Å²) in [6, 6.07) is 6.03. The molecular weight excluding hydrogens is 317 g/mol. The summed E-state index contributed by atoms with van der Waals surface area (Å²) in [5.41, 5.74) is 1.32. The molecule has 0 aliphatic carbocycles. The number of halogens is 2. The zero-order valence-electron chi connectivity index (χ0n) is 6.68. The highest BCUT2D eigenvalue weighted by molar-refractivity contribution is 14.1. The first kappa shape index (κ1) is 9.71. The molecule has 0 amide bonds. The van der Waals surface area contributed by atoms with E-state index in [1.807, 2.05) is 12.1 Å². The predicted molar refractivity (Wildman–Crippen MR) is 67.7 cm³/mol. The zero-order chi connectivity index (χ0) is 9.26. The molecule has 0 atom stereocenters. The molecule has 1 aromatic heterocycles. The van der Waals surface area contributed by atoms with Crippen LogP contribution in [0.3, 0.4) is 0 Å². The van der Waals surface area contributed by atoms with Gasteiger partial charge in [0.15, 0.2) is 0 Å². The van der Waals surface area contributed by atoms with Gasteiger partial charge in [-0.05, 0) is 34.5 Å². The van der Waals surface area contributed by atoms with E-state index in [2.05, 4.69) is 37.8 Å². The molecule has 0 saturated carbocycles. The van der Waals surface area contributed by atoms with E-state index in [-0.39, 0.29) is 0 Å². The fraction of sp³-hybridized carbons (Fsp3) is 0.111. The average Bonchev–Trinajstić information content (AvgIpc) is 2.49. The van der Waals surface area contributed by atoms with Crippen molar-refractivity contribution in [2.75, 3.05) is 0 Å². The predicted octanol–water partition coefficient (Wildman–Crippen LogP) is 3.99. The van der Waals surface area contributed by atoms with Crippen LogP contribution in [0.4, 0.5) is 0 Å². The quantitative estimate of drug-likeness (QED) is 0.651. The second kappa shape index (κ2) is 4.13. The third kappa shape index (κ3) is 1.98. The van der Waals surface area contributed by atoms with Gasteiger partial charge >= 0.3 is 0 Å². The molecular formula is C9H7ClINS. The first-order valence-corrected chi connectivity index (χ1v) is 6.14. The second-order valence-electron chi connectivity index (χ2n) is 2.71. The van der Waals surface area contributed by atoms with Crippen LogP contribution in [-0.2, 0) is 6.54 Å². The van der Waals surface area contributed by atoms with Gasteiger partial charge in [-0.25, -0.2) is 0 Å². The minimum Gasteiger partial charge on any atom is -0.257 e. The highest BCUT2D eigenvalue weighted by atomic mass is 127. The van der Waals surface area contributed by atoms with Gasteiger partial charge in [-0.3, -0.25) is 3.53 Å². The Hall–Kier alpha value is 0.160. The molecule has 0 aliphatic rings. The monoisotopic (exact) mass is 323 g/mol. The van der Waals surface area contributed by atoms with Crippen molar-refractivity contribution in [2.45, 2.75) is 6.54 Å². The van der Waals surface area contributed by atoms with E-state index >= 15 is 0 Å². The summed E-state index contributed by atoms with van der Waals surface area (Å²) in [6.45, 7) is 0.890. The maximum atomic E-state index is 5.93. The van der Waals surface area contributed by atoms with Crippen LogP contribution in [0, 0.1) is 0 Å². The third-order valence-electron chi connectivity index (χ3n) is 1.87. The number of hydrogen-bond donors (Lipinski definition) is 1. The Kier molecular flexibility index (Phi) is 3.08. The van der Waals surface area contributed by atoms with Crippen molar-refractivity contribution in [3.63, 3.8) is 0 Å². The van der Waals surface area contributed by atoms with Gasteiger partial charge in [0, 0.05) is 39.1 Å². The Bertz CT molecular complexity index is 426. The van der Waals surface area contributed by atoms with Crippen molar-refractivity contribution in [3.8, 4) is 0 Å². The summed E-state index contributed by atoms with van der Waals surface area (Å²) >= 11 is 9.84. The highest BCUT2D eigenvalue weighted by Crippen LogP contribution is 2.28. The highest BCUT2D eigenvalue weighted by Gasteiger charge is 2.03. The first-order valence-electron chi connectivity index (χ1n) is 3.80. The molecule has 13 heavy (non-hydrogen) atoms. The van der Waals surface area contributed by atoms with Crippen LogP contribution in [0.5, 0.6) is 0 Å². The molecule has 1 heterocycles. The molecule has 1 aromatic carbocycles. The summed E-state index contributed by atoms with van der Waals surface area (Å²) in [5.74, 6) is 0. The molecule has 0 aliphatic heterocycles. The molecule has 68 valence electrons. The van der Waals surface area contributed by atoms with Gasteiger partial charge in [0.05, 0.1) is 0 Å². The number of nitrogens with one attached hydrogen (secondary N) is 1. The van der Waals surface area contributed by atoms with Crippen molar-refractivity contribution in [1.82, 2.24) is 3.53 Å². The molecule has 0 radical (unpaired) electrons. The van der Waals surface area contributed by atoms with Gasteiger partial charge in [0.2, 0.25) is 0 Å². The third-order valence-corrected chi connectivity index (χ3v) is 3.50. The van der Waals surface area contributed by atoms with Crippen molar-refractivity contribution in [3.05, 3.63) is 34.2 Å². The van der Waals surface area contributed by atoms with Crippen molar-refractivity contribution < 1.29 is 0 Å². The number of fused-ring (bicyclic) bond motifs is 1. The maximum Gasteiger partial charge on any atom is 0.0413 e. The number of hydrogen-bond acceptors (Lipinski definition) is 2. The Morgan fingerprint density at radius 1 is 1.46 bits per heavy atom. The van der Waals surface area contributed by atoms with Crippen LogP contribution < -0.4 is 3.53 Å². The van der Waals surface area contributed by atoms with Gasteiger partial charge in [0.1, 0.15) is 0 Å². The summed E-state index contributed by atoms with van der Waals surface area (Å²) in [7, 11) is 0. The van der Waals surface area contributed by atoms with E-state index in [0.29, 0.717) is 0 Å². The SMILES string of the molecule is Clc1ccc2scc(CNI)c2c1. The molecule has 2 rings (SSSR count). The van der Waals surface area contributed by atoms with Gasteiger partial charge < -0.3 is 0 Å². The summed E-state index contributed by atoms with van der Waals surface area (Å²) in [6.07, 6.45) is 0. The van der Waals surface area contributed by atoms with Crippen LogP contribution in [0.25, 0.3) is 10.1 Å². The van der Waals surface area contributed by atoms with E-state index in [1.165, 1.54) is 15.6 Å². The molecule has 1 nitrogen and oxygen atoms in total. The molecule has 4 heteroatoms. The van der Waals surface area contributed by atoms with Crippen LogP contribution in [0.1, 0.15) is 5.56 Å². The smallest absolute Gasteiger partial charge is 0.0413 e. The van der Waals surface area contributed by atoms with Crippen LogP contribution in [0.2, 0.25) is 5.02 Å². The van der Waals surface area contributed by atoms with E-state index in [9.17, 15) is 0 Å².